The van der Waals surface area contributed by atoms with E-state index in [-0.39, 0.29) is 17.8 Å². The van der Waals surface area contributed by atoms with Gasteiger partial charge in [0.05, 0.1) is 17.1 Å². The summed E-state index contributed by atoms with van der Waals surface area (Å²) in [7, 11) is -0.575. The molecule has 144 valence electrons. The lowest BCUT2D eigenvalue weighted by Crippen LogP contribution is -2.56. The second-order valence-electron chi connectivity index (χ2n) is 8.54. The molecular weight excluding hydrogens is 323 g/mol. The van der Waals surface area contributed by atoms with E-state index in [2.05, 4.69) is 24.5 Å². The van der Waals surface area contributed by atoms with Crippen LogP contribution in [-0.4, -0.2) is 47.4 Å². The molecule has 0 saturated carbocycles. The fourth-order valence-corrected chi connectivity index (χ4v) is 2.74. The molecule has 0 radical (unpaired) electrons. The average molecular weight is 356 g/mol. The predicted molar refractivity (Wildman–Crippen MR) is 97.3 cm³/mol. The highest BCUT2D eigenvalue weighted by Crippen LogP contribution is 2.38. The van der Waals surface area contributed by atoms with Crippen molar-refractivity contribution in [3.63, 3.8) is 0 Å². The van der Waals surface area contributed by atoms with Crippen molar-refractivity contribution in [1.29, 1.82) is 0 Å². The number of amides is 2. The normalized spacial score (nSPS) is 21.3. The Morgan fingerprint density at radius 2 is 1.48 bits per heavy atom. The first-order valence-electron chi connectivity index (χ1n) is 8.92. The Morgan fingerprint density at radius 1 is 1.00 bits per heavy atom. The van der Waals surface area contributed by atoms with E-state index in [1.165, 1.54) is 0 Å². The molecule has 0 aromatic heterocycles. The van der Waals surface area contributed by atoms with E-state index in [1.807, 2.05) is 27.7 Å². The van der Waals surface area contributed by atoms with Gasteiger partial charge in [-0.2, -0.15) is 0 Å². The number of nitrogens with one attached hydrogen (secondary N) is 2. The monoisotopic (exact) mass is 356 g/mol. The minimum atomic E-state index is -1.22. The van der Waals surface area contributed by atoms with E-state index >= 15 is 0 Å². The molecule has 1 heterocycles. The molecular formula is C17H33BN2O5. The molecule has 1 saturated heterocycles. The summed E-state index contributed by atoms with van der Waals surface area (Å²) in [5, 5.41) is 14.2. The third-order valence-corrected chi connectivity index (χ3v) is 4.88. The summed E-state index contributed by atoms with van der Waals surface area (Å²) in [6.45, 7) is 15.6. The number of hydrogen-bond donors (Lipinski definition) is 3. The molecule has 0 spiro atoms. The van der Waals surface area contributed by atoms with Gasteiger partial charge in [-0.1, -0.05) is 27.7 Å². The van der Waals surface area contributed by atoms with E-state index in [0.717, 1.165) is 0 Å². The first-order valence-corrected chi connectivity index (χ1v) is 8.92. The van der Waals surface area contributed by atoms with Gasteiger partial charge in [-0.05, 0) is 46.0 Å². The second-order valence-corrected chi connectivity index (χ2v) is 8.54. The molecule has 1 aliphatic heterocycles. The predicted octanol–water partition coefficient (Wildman–Crippen LogP) is 2.44. The molecule has 0 aliphatic carbocycles. The van der Waals surface area contributed by atoms with Crippen molar-refractivity contribution in [3.8, 4) is 0 Å². The molecule has 0 aromatic carbocycles. The van der Waals surface area contributed by atoms with E-state index < -0.39 is 30.5 Å². The smallest absolute Gasteiger partial charge is 0.465 e. The van der Waals surface area contributed by atoms with Crippen molar-refractivity contribution in [1.82, 2.24) is 10.6 Å². The van der Waals surface area contributed by atoms with Crippen LogP contribution >= 0.6 is 0 Å². The second kappa shape index (κ2) is 7.95. The molecule has 1 fully saturated rings. The highest BCUT2D eigenvalue weighted by molar-refractivity contribution is 6.48. The number of rotatable bonds is 7. The third-order valence-electron chi connectivity index (χ3n) is 4.88. The van der Waals surface area contributed by atoms with Crippen LogP contribution in [0.25, 0.3) is 0 Å². The lowest BCUT2D eigenvalue weighted by Gasteiger charge is -2.32. The summed E-state index contributed by atoms with van der Waals surface area (Å²) in [5.74, 6) is -0.577. The Bertz CT molecular complexity index is 477. The van der Waals surface area contributed by atoms with Crippen LogP contribution in [0.5, 0.6) is 0 Å². The topological polar surface area (TPSA) is 96.9 Å². The van der Waals surface area contributed by atoms with Gasteiger partial charge in [0.15, 0.2) is 0 Å². The quantitative estimate of drug-likeness (QED) is 0.609. The zero-order valence-electron chi connectivity index (χ0n) is 16.7. The van der Waals surface area contributed by atoms with Crippen LogP contribution in [0.2, 0.25) is 0 Å². The van der Waals surface area contributed by atoms with Crippen LogP contribution < -0.4 is 10.6 Å². The summed E-state index contributed by atoms with van der Waals surface area (Å²) in [6, 6.07) is -0.824. The van der Waals surface area contributed by atoms with E-state index in [1.54, 1.807) is 13.8 Å². The maximum atomic E-state index is 12.6. The van der Waals surface area contributed by atoms with Crippen LogP contribution in [0, 0.1) is 11.8 Å². The summed E-state index contributed by atoms with van der Waals surface area (Å²) in [4.78, 5) is 23.6. The number of carboxylic acid groups (broad SMARTS) is 1. The Morgan fingerprint density at radius 3 is 1.84 bits per heavy atom. The van der Waals surface area contributed by atoms with Crippen molar-refractivity contribution in [2.45, 2.75) is 85.0 Å². The molecule has 1 rings (SSSR count). The van der Waals surface area contributed by atoms with Gasteiger partial charge >= 0.3 is 13.2 Å². The average Bonchev–Trinajstić information content (AvgIpc) is 2.63. The molecule has 2 amide bonds. The molecule has 1 unspecified atom stereocenters. The number of hydrogen-bond acceptors (Lipinski definition) is 4. The van der Waals surface area contributed by atoms with Crippen molar-refractivity contribution < 1.29 is 24.0 Å². The number of carbonyl (C=O) groups excluding carboxylic acids is 1. The SMILES string of the molecule is CC(C)CC(NC(=O)[C@@H](NC(=O)O)C(C)C)B1OC(C)(C)C(C)(C)O1. The van der Waals surface area contributed by atoms with Gasteiger partial charge in [-0.3, -0.25) is 4.79 Å². The largest absolute Gasteiger partial charge is 0.481 e. The van der Waals surface area contributed by atoms with Crippen LogP contribution in [0.3, 0.4) is 0 Å². The van der Waals surface area contributed by atoms with Crippen molar-refractivity contribution in [3.05, 3.63) is 0 Å². The van der Waals surface area contributed by atoms with Gasteiger partial charge in [0.2, 0.25) is 5.91 Å². The van der Waals surface area contributed by atoms with Crippen molar-refractivity contribution in [2.75, 3.05) is 0 Å². The molecule has 0 bridgehead atoms. The highest BCUT2D eigenvalue weighted by atomic mass is 16.7. The van der Waals surface area contributed by atoms with Crippen LogP contribution in [0.4, 0.5) is 4.79 Å². The maximum absolute atomic E-state index is 12.6. The van der Waals surface area contributed by atoms with Crippen LogP contribution in [-0.2, 0) is 14.1 Å². The molecule has 25 heavy (non-hydrogen) atoms. The summed E-state index contributed by atoms with van der Waals surface area (Å²) >= 11 is 0. The fourth-order valence-electron chi connectivity index (χ4n) is 2.74. The van der Waals surface area contributed by atoms with E-state index in [9.17, 15) is 9.59 Å². The van der Waals surface area contributed by atoms with E-state index in [0.29, 0.717) is 12.3 Å². The molecule has 3 N–H and O–H groups in total. The summed E-state index contributed by atoms with van der Waals surface area (Å²) in [5.41, 5.74) is -0.983. The van der Waals surface area contributed by atoms with Crippen LogP contribution in [0.1, 0.15) is 61.8 Å². The summed E-state index contributed by atoms with van der Waals surface area (Å²) in [6.07, 6.45) is -0.551. The minimum absolute atomic E-state index is 0.172. The van der Waals surface area contributed by atoms with Crippen molar-refractivity contribution >= 4 is 19.1 Å². The lowest BCUT2D eigenvalue weighted by molar-refractivity contribution is -0.124. The maximum Gasteiger partial charge on any atom is 0.481 e. The first kappa shape index (κ1) is 21.8. The summed E-state index contributed by atoms with van der Waals surface area (Å²) < 4.78 is 12.2. The minimum Gasteiger partial charge on any atom is -0.465 e. The zero-order valence-corrected chi connectivity index (χ0v) is 16.7. The Hall–Kier alpha value is -1.28. The third kappa shape index (κ3) is 5.61. The molecule has 0 aromatic rings. The van der Waals surface area contributed by atoms with Crippen molar-refractivity contribution in [2.24, 2.45) is 11.8 Å². The van der Waals surface area contributed by atoms with Gasteiger partial charge in [-0.15, -0.1) is 0 Å². The Kier molecular flexibility index (Phi) is 6.92. The molecule has 8 heteroatoms. The molecule has 7 nitrogen and oxygen atoms in total. The molecule has 1 aliphatic rings. The Balaban J connectivity index is 2.93. The lowest BCUT2D eigenvalue weighted by atomic mass is 9.73. The first-order chi connectivity index (χ1) is 11.3. The van der Waals surface area contributed by atoms with Crippen LogP contribution in [0.15, 0.2) is 0 Å². The van der Waals surface area contributed by atoms with Gasteiger partial charge in [0.1, 0.15) is 6.04 Å². The zero-order chi connectivity index (χ0) is 19.6. The Labute approximate surface area is 151 Å². The standard InChI is InChI=1S/C17H33BN2O5/c1-10(2)9-12(18-24-16(5,6)17(7,8)25-18)19-14(21)13(11(3)4)20-15(22)23/h10-13,20H,9H2,1-8H3,(H,19,21)(H,22,23)/t12?,13-/m0/s1. The number of carbonyl (C=O) groups is 2. The van der Waals surface area contributed by atoms with Gasteiger partial charge in [-0.25, -0.2) is 4.79 Å². The van der Waals surface area contributed by atoms with E-state index in [4.69, 9.17) is 14.4 Å². The fraction of sp³-hybridized carbons (Fsp3) is 0.882. The van der Waals surface area contributed by atoms with Gasteiger partial charge in [0, 0.05) is 0 Å². The highest BCUT2D eigenvalue weighted by Gasteiger charge is 2.54. The van der Waals surface area contributed by atoms with Gasteiger partial charge < -0.3 is 25.0 Å². The molecule has 2 atom stereocenters. The van der Waals surface area contributed by atoms with Gasteiger partial charge in [0.25, 0.3) is 0 Å².